The van der Waals surface area contributed by atoms with Gasteiger partial charge in [0, 0.05) is 43.6 Å². The number of pyridine rings is 1. The molecule has 3 aromatic rings. The Hall–Kier alpha value is -3.46. The van der Waals surface area contributed by atoms with Gasteiger partial charge < -0.3 is 25.1 Å². The van der Waals surface area contributed by atoms with Crippen molar-refractivity contribution in [1.29, 1.82) is 0 Å². The molecule has 162 valence electrons. The van der Waals surface area contributed by atoms with E-state index in [1.165, 1.54) is 31.5 Å². The fourth-order valence-electron chi connectivity index (χ4n) is 3.83. The Balaban J connectivity index is 1.90. The van der Waals surface area contributed by atoms with E-state index in [9.17, 15) is 13.6 Å². The molecule has 0 spiro atoms. The molecule has 1 unspecified atom stereocenters. The van der Waals surface area contributed by atoms with E-state index in [0.717, 1.165) is 6.20 Å². The van der Waals surface area contributed by atoms with Crippen LogP contribution in [0.1, 0.15) is 28.4 Å². The van der Waals surface area contributed by atoms with E-state index in [-0.39, 0.29) is 23.1 Å². The summed E-state index contributed by atoms with van der Waals surface area (Å²) in [6.07, 6.45) is 3.22. The molecule has 0 saturated carbocycles. The predicted octanol–water partition coefficient (Wildman–Crippen LogP) is 3.97. The second kappa shape index (κ2) is 8.73. The van der Waals surface area contributed by atoms with Crippen molar-refractivity contribution in [3.63, 3.8) is 0 Å². The highest BCUT2D eigenvalue weighted by Gasteiger charge is 2.33. The van der Waals surface area contributed by atoms with Crippen molar-refractivity contribution in [3.8, 4) is 17.0 Å². The highest BCUT2D eigenvalue weighted by molar-refractivity contribution is 6.06. The first kappa shape index (κ1) is 20.8. The minimum absolute atomic E-state index is 0.00856. The zero-order valence-electron chi connectivity index (χ0n) is 17.1. The third-order valence-corrected chi connectivity index (χ3v) is 5.32. The van der Waals surface area contributed by atoms with Gasteiger partial charge in [0.25, 0.3) is 5.91 Å². The minimum Gasteiger partial charge on any atom is -0.492 e. The van der Waals surface area contributed by atoms with E-state index in [1.807, 2.05) is 0 Å². The van der Waals surface area contributed by atoms with Crippen molar-refractivity contribution >= 4 is 17.3 Å². The Morgan fingerprint density at radius 1 is 1.23 bits per heavy atom. The van der Waals surface area contributed by atoms with Crippen LogP contribution in [0.5, 0.6) is 5.75 Å². The number of hydrogen-bond acceptors (Lipinski definition) is 5. The lowest BCUT2D eigenvalue weighted by Crippen LogP contribution is -2.35. The molecule has 31 heavy (non-hydrogen) atoms. The van der Waals surface area contributed by atoms with E-state index in [1.54, 1.807) is 13.2 Å². The number of nitrogens with zero attached hydrogens (tertiary/aromatic N) is 1. The monoisotopic (exact) mass is 428 g/mol. The maximum absolute atomic E-state index is 14.6. The van der Waals surface area contributed by atoms with Gasteiger partial charge in [-0.2, -0.15) is 0 Å². The van der Waals surface area contributed by atoms with Crippen molar-refractivity contribution in [2.45, 2.75) is 12.3 Å². The summed E-state index contributed by atoms with van der Waals surface area (Å²) in [4.78, 5) is 19.9. The molecule has 4 rings (SSSR count). The quantitative estimate of drug-likeness (QED) is 0.530. The number of carbonyl (C=O) groups excluding carboxylic acids is 1. The normalized spacial score (nSPS) is 15.4. The lowest BCUT2D eigenvalue weighted by atomic mass is 9.93. The van der Waals surface area contributed by atoms with Gasteiger partial charge in [0.05, 0.1) is 35.9 Å². The zero-order valence-corrected chi connectivity index (χ0v) is 17.1. The van der Waals surface area contributed by atoms with Gasteiger partial charge in [0.2, 0.25) is 0 Å². The molecule has 1 atom stereocenters. The largest absolute Gasteiger partial charge is 0.492 e. The van der Waals surface area contributed by atoms with Gasteiger partial charge in [0.1, 0.15) is 0 Å². The highest BCUT2D eigenvalue weighted by Crippen LogP contribution is 2.42. The number of aromatic nitrogens is 2. The van der Waals surface area contributed by atoms with Gasteiger partial charge in [-0.1, -0.05) is 6.07 Å². The molecule has 0 bridgehead atoms. The fourth-order valence-corrected chi connectivity index (χ4v) is 3.83. The molecule has 0 aliphatic carbocycles. The number of ether oxygens (including phenoxy) is 2. The van der Waals surface area contributed by atoms with Gasteiger partial charge in [-0.05, 0) is 24.6 Å². The number of amides is 1. The molecule has 2 aromatic heterocycles. The Labute approximate surface area is 177 Å². The number of nitrogens with one attached hydrogen (secondary N) is 3. The van der Waals surface area contributed by atoms with Crippen molar-refractivity contribution in [3.05, 3.63) is 59.6 Å². The molecular weight excluding hydrogens is 406 g/mol. The first-order valence-electron chi connectivity index (χ1n) is 9.77. The van der Waals surface area contributed by atoms with Crippen LogP contribution in [0.4, 0.5) is 20.2 Å². The Bertz CT molecular complexity index is 1120. The van der Waals surface area contributed by atoms with E-state index in [2.05, 4.69) is 20.6 Å². The number of H-pyrrole nitrogens is 1. The lowest BCUT2D eigenvalue weighted by molar-refractivity contribution is 0.0935. The first-order chi connectivity index (χ1) is 15.0. The molecule has 0 radical (unpaired) electrons. The maximum atomic E-state index is 14.6. The summed E-state index contributed by atoms with van der Waals surface area (Å²) in [7, 11) is 2.96. The number of hydrogen-bond donors (Lipinski definition) is 3. The average molecular weight is 428 g/mol. The maximum Gasteiger partial charge on any atom is 0.255 e. The van der Waals surface area contributed by atoms with E-state index < -0.39 is 11.6 Å². The number of halogens is 2. The molecule has 1 aliphatic rings. The standard InChI is InChI=1S/C22H22F2N4O3/c1-30-9-7-12-10-26-22(29)17-18(12)28-19(13-6-8-25-11-15(13)24)20(17)27-16-5-3-4-14(23)21(16)31-2/h3-6,8,11-12,27-28H,7,9-10H2,1-2H3,(H,26,29). The highest BCUT2D eigenvalue weighted by atomic mass is 19.1. The average Bonchev–Trinajstić information content (AvgIpc) is 3.14. The summed E-state index contributed by atoms with van der Waals surface area (Å²) < 4.78 is 39.3. The number of carbonyl (C=O) groups is 1. The molecule has 7 nitrogen and oxygen atoms in total. The number of rotatable bonds is 7. The van der Waals surface area contributed by atoms with Gasteiger partial charge in [-0.15, -0.1) is 0 Å². The Morgan fingerprint density at radius 3 is 2.81 bits per heavy atom. The van der Waals surface area contributed by atoms with Crippen LogP contribution in [0.25, 0.3) is 11.3 Å². The van der Waals surface area contributed by atoms with Gasteiger partial charge in [-0.25, -0.2) is 8.78 Å². The lowest BCUT2D eigenvalue weighted by Gasteiger charge is -2.23. The van der Waals surface area contributed by atoms with Crippen LogP contribution in [-0.2, 0) is 4.74 Å². The molecule has 3 N–H and O–H groups in total. The molecule has 9 heteroatoms. The minimum atomic E-state index is -0.559. The molecular formula is C22H22F2N4O3. The predicted molar refractivity (Wildman–Crippen MR) is 112 cm³/mol. The summed E-state index contributed by atoms with van der Waals surface area (Å²) in [5.74, 6) is -1.48. The fraction of sp³-hybridized carbons (Fsp3) is 0.273. The zero-order chi connectivity index (χ0) is 22.0. The Morgan fingerprint density at radius 2 is 2.06 bits per heavy atom. The molecule has 1 aliphatic heterocycles. The van der Waals surface area contributed by atoms with Crippen molar-refractivity contribution in [2.75, 3.05) is 32.7 Å². The topological polar surface area (TPSA) is 88.3 Å². The number of para-hydroxylation sites is 1. The van der Waals surface area contributed by atoms with Gasteiger partial charge in [0.15, 0.2) is 17.4 Å². The van der Waals surface area contributed by atoms with Crippen LogP contribution < -0.4 is 15.4 Å². The van der Waals surface area contributed by atoms with Crippen molar-refractivity contribution < 1.29 is 23.0 Å². The second-order valence-corrected chi connectivity index (χ2v) is 7.15. The third-order valence-electron chi connectivity index (χ3n) is 5.32. The molecule has 0 fully saturated rings. The summed E-state index contributed by atoms with van der Waals surface area (Å²) in [5, 5.41) is 5.98. The number of aromatic amines is 1. The summed E-state index contributed by atoms with van der Waals surface area (Å²) in [6.45, 7) is 0.926. The number of benzene rings is 1. The summed E-state index contributed by atoms with van der Waals surface area (Å²) in [6, 6.07) is 5.93. The van der Waals surface area contributed by atoms with E-state index >= 15 is 0 Å². The third kappa shape index (κ3) is 3.84. The molecule has 0 saturated heterocycles. The summed E-state index contributed by atoms with van der Waals surface area (Å²) in [5.41, 5.74) is 2.28. The molecule has 1 aromatic carbocycles. The van der Waals surface area contributed by atoms with Crippen LogP contribution in [0.2, 0.25) is 0 Å². The van der Waals surface area contributed by atoms with Gasteiger partial charge >= 0.3 is 0 Å². The van der Waals surface area contributed by atoms with Crippen molar-refractivity contribution in [2.24, 2.45) is 0 Å². The summed E-state index contributed by atoms with van der Waals surface area (Å²) >= 11 is 0. The van der Waals surface area contributed by atoms with Crippen LogP contribution in [-0.4, -0.2) is 43.2 Å². The Kier molecular flexibility index (Phi) is 5.85. The van der Waals surface area contributed by atoms with E-state index in [4.69, 9.17) is 9.47 Å². The van der Waals surface area contributed by atoms with Crippen LogP contribution in [0, 0.1) is 11.6 Å². The van der Waals surface area contributed by atoms with Crippen LogP contribution >= 0.6 is 0 Å². The molecule has 3 heterocycles. The molecule has 1 amide bonds. The number of anilines is 2. The van der Waals surface area contributed by atoms with Gasteiger partial charge in [-0.3, -0.25) is 9.78 Å². The number of methoxy groups -OCH3 is 2. The van der Waals surface area contributed by atoms with Crippen LogP contribution in [0.3, 0.4) is 0 Å². The van der Waals surface area contributed by atoms with Crippen LogP contribution in [0.15, 0.2) is 36.7 Å². The first-order valence-corrected chi connectivity index (χ1v) is 9.77. The smallest absolute Gasteiger partial charge is 0.255 e. The number of fused-ring (bicyclic) bond motifs is 1. The van der Waals surface area contributed by atoms with Crippen molar-refractivity contribution in [1.82, 2.24) is 15.3 Å². The van der Waals surface area contributed by atoms with E-state index in [0.29, 0.717) is 47.9 Å². The SMILES string of the molecule is COCCC1CNC(=O)c2c1[nH]c(-c1ccncc1F)c2Nc1cccc(F)c1OC. The second-order valence-electron chi connectivity index (χ2n) is 7.15.